The van der Waals surface area contributed by atoms with Crippen LogP contribution in [0.25, 0.3) is 0 Å². The van der Waals surface area contributed by atoms with Crippen LogP contribution in [-0.2, 0) is 0 Å². The Hall–Kier alpha value is -2.63. The lowest BCUT2D eigenvalue weighted by molar-refractivity contribution is -0.386. The first kappa shape index (κ1) is 11.8. The molecule has 0 spiro atoms. The molecule has 0 radical (unpaired) electrons. The average molecular weight is 246 g/mol. The van der Waals surface area contributed by atoms with Crippen molar-refractivity contribution >= 4 is 5.69 Å². The first-order chi connectivity index (χ1) is 8.58. The van der Waals surface area contributed by atoms with Crippen LogP contribution in [-0.4, -0.2) is 15.0 Å². The molecule has 0 unspecified atom stereocenters. The van der Waals surface area contributed by atoms with Crippen LogP contribution < -0.4 is 4.74 Å². The van der Waals surface area contributed by atoms with Gasteiger partial charge in [0.25, 0.3) is 5.88 Å². The maximum atomic E-state index is 10.8. The number of aromatic nitrogens is 1. The summed E-state index contributed by atoms with van der Waals surface area (Å²) in [6.45, 7) is 1.70. The van der Waals surface area contributed by atoms with E-state index in [4.69, 9.17) is 4.74 Å². The summed E-state index contributed by atoms with van der Waals surface area (Å²) in [6.07, 6.45) is 0. The molecule has 18 heavy (non-hydrogen) atoms. The monoisotopic (exact) mass is 246 g/mol. The Morgan fingerprint density at radius 2 is 2.00 bits per heavy atom. The molecule has 1 N–H and O–H groups in total. The number of hydrogen-bond donors (Lipinski definition) is 1. The van der Waals surface area contributed by atoms with Crippen LogP contribution >= 0.6 is 0 Å². The first-order valence-corrected chi connectivity index (χ1v) is 5.16. The molecule has 0 aliphatic rings. The highest BCUT2D eigenvalue weighted by molar-refractivity contribution is 5.47. The van der Waals surface area contributed by atoms with Crippen LogP contribution in [0.2, 0.25) is 0 Å². The van der Waals surface area contributed by atoms with Crippen molar-refractivity contribution in [3.05, 3.63) is 52.2 Å². The van der Waals surface area contributed by atoms with Gasteiger partial charge in [-0.2, -0.15) is 0 Å². The van der Waals surface area contributed by atoms with Crippen LogP contribution in [0.1, 0.15) is 5.69 Å². The van der Waals surface area contributed by atoms with E-state index < -0.39 is 4.92 Å². The number of pyridine rings is 1. The van der Waals surface area contributed by atoms with Crippen LogP contribution in [0.3, 0.4) is 0 Å². The van der Waals surface area contributed by atoms with E-state index in [0.717, 1.165) is 0 Å². The van der Waals surface area contributed by atoms with Crippen molar-refractivity contribution in [1.29, 1.82) is 0 Å². The van der Waals surface area contributed by atoms with Gasteiger partial charge in [0.05, 0.1) is 4.92 Å². The van der Waals surface area contributed by atoms with Gasteiger partial charge < -0.3 is 9.84 Å². The maximum Gasteiger partial charge on any atom is 0.331 e. The van der Waals surface area contributed by atoms with Gasteiger partial charge in [0.1, 0.15) is 0 Å². The summed E-state index contributed by atoms with van der Waals surface area (Å²) in [5.41, 5.74) is 0.342. The highest BCUT2D eigenvalue weighted by Gasteiger charge is 2.18. The Labute approximate surface area is 103 Å². The molecule has 0 fully saturated rings. The number of aromatic hydroxyl groups is 1. The normalized spacial score (nSPS) is 10.1. The maximum absolute atomic E-state index is 10.8. The van der Waals surface area contributed by atoms with Crippen LogP contribution in [0.15, 0.2) is 36.4 Å². The fraction of sp³-hybridized carbons (Fsp3) is 0.0833. The lowest BCUT2D eigenvalue weighted by Gasteiger charge is -2.07. The van der Waals surface area contributed by atoms with Gasteiger partial charge in [0.2, 0.25) is 0 Å². The zero-order valence-electron chi connectivity index (χ0n) is 9.53. The number of nitrogens with zero attached hydrogens (tertiary/aromatic N) is 2. The standard InChI is InChI=1S/C12H10N2O4/c1-8-6-7-9(14(16)17)12(13-8)18-11-5-3-2-4-10(11)15/h2-7,15H,1H3. The van der Waals surface area contributed by atoms with Gasteiger partial charge in [-0.25, -0.2) is 4.98 Å². The van der Waals surface area contributed by atoms with E-state index in [1.165, 1.54) is 24.3 Å². The number of phenolic OH excluding ortho intramolecular Hbond substituents is 1. The SMILES string of the molecule is Cc1ccc([N+](=O)[O-])c(Oc2ccccc2O)n1. The van der Waals surface area contributed by atoms with E-state index in [1.807, 2.05) is 0 Å². The number of ether oxygens (including phenoxy) is 1. The second-order valence-electron chi connectivity index (χ2n) is 3.60. The number of para-hydroxylation sites is 2. The third kappa shape index (κ3) is 2.37. The van der Waals surface area contributed by atoms with Crippen LogP contribution in [0, 0.1) is 17.0 Å². The molecule has 6 nitrogen and oxygen atoms in total. The second kappa shape index (κ2) is 4.70. The van der Waals surface area contributed by atoms with E-state index in [2.05, 4.69) is 4.98 Å². The summed E-state index contributed by atoms with van der Waals surface area (Å²) in [5.74, 6) is -0.115. The minimum atomic E-state index is -0.582. The van der Waals surface area contributed by atoms with E-state index >= 15 is 0 Å². The summed E-state index contributed by atoms with van der Waals surface area (Å²) < 4.78 is 5.28. The quantitative estimate of drug-likeness (QED) is 0.664. The predicted molar refractivity (Wildman–Crippen MR) is 63.8 cm³/mol. The van der Waals surface area contributed by atoms with Crippen molar-refractivity contribution in [2.75, 3.05) is 0 Å². The Bertz CT molecular complexity index is 598. The van der Waals surface area contributed by atoms with Gasteiger partial charge in [0, 0.05) is 11.8 Å². The summed E-state index contributed by atoms with van der Waals surface area (Å²) in [6, 6.07) is 9.05. The van der Waals surface area contributed by atoms with Crippen LogP contribution in [0.4, 0.5) is 5.69 Å². The Morgan fingerprint density at radius 3 is 2.67 bits per heavy atom. The number of phenols is 1. The Kier molecular flexibility index (Phi) is 3.09. The lowest BCUT2D eigenvalue weighted by atomic mass is 10.3. The van der Waals surface area contributed by atoms with Crippen molar-refractivity contribution in [3.63, 3.8) is 0 Å². The molecule has 0 aliphatic carbocycles. The fourth-order valence-corrected chi connectivity index (χ4v) is 1.39. The Morgan fingerprint density at radius 1 is 1.28 bits per heavy atom. The van der Waals surface area contributed by atoms with Crippen molar-refractivity contribution in [1.82, 2.24) is 4.98 Å². The van der Waals surface area contributed by atoms with E-state index in [-0.39, 0.29) is 23.1 Å². The fourth-order valence-electron chi connectivity index (χ4n) is 1.39. The first-order valence-electron chi connectivity index (χ1n) is 5.16. The van der Waals surface area contributed by atoms with Crippen molar-refractivity contribution < 1.29 is 14.8 Å². The van der Waals surface area contributed by atoms with E-state index in [1.54, 1.807) is 19.1 Å². The zero-order valence-corrected chi connectivity index (χ0v) is 9.53. The molecule has 2 aromatic rings. The molecule has 0 aliphatic heterocycles. The van der Waals surface area contributed by atoms with Crippen molar-refractivity contribution in [2.24, 2.45) is 0 Å². The molecule has 1 aromatic heterocycles. The summed E-state index contributed by atoms with van der Waals surface area (Å²) >= 11 is 0. The van der Waals surface area contributed by atoms with Gasteiger partial charge in [-0.15, -0.1) is 0 Å². The number of hydrogen-bond acceptors (Lipinski definition) is 5. The molecule has 0 atom stereocenters. The zero-order chi connectivity index (χ0) is 13.1. The molecule has 1 heterocycles. The Balaban J connectivity index is 2.42. The molecule has 0 saturated heterocycles. The molecule has 6 heteroatoms. The van der Waals surface area contributed by atoms with Gasteiger partial charge in [-0.3, -0.25) is 10.1 Å². The molecular weight excluding hydrogens is 236 g/mol. The highest BCUT2D eigenvalue weighted by Crippen LogP contribution is 2.33. The van der Waals surface area contributed by atoms with Crippen molar-refractivity contribution in [3.8, 4) is 17.4 Å². The number of aryl methyl sites for hydroxylation is 1. The topological polar surface area (TPSA) is 85.5 Å². The third-order valence-electron chi connectivity index (χ3n) is 2.25. The molecular formula is C12H10N2O4. The summed E-state index contributed by atoms with van der Waals surface area (Å²) in [5, 5.41) is 20.4. The number of rotatable bonds is 3. The summed E-state index contributed by atoms with van der Waals surface area (Å²) in [7, 11) is 0. The summed E-state index contributed by atoms with van der Waals surface area (Å²) in [4.78, 5) is 14.2. The minimum absolute atomic E-state index is 0.102. The third-order valence-corrected chi connectivity index (χ3v) is 2.25. The van der Waals surface area contributed by atoms with Crippen molar-refractivity contribution in [2.45, 2.75) is 6.92 Å². The largest absolute Gasteiger partial charge is 0.504 e. The smallest absolute Gasteiger partial charge is 0.331 e. The van der Waals surface area contributed by atoms with Gasteiger partial charge >= 0.3 is 5.69 Å². The van der Waals surface area contributed by atoms with E-state index in [9.17, 15) is 15.2 Å². The van der Waals surface area contributed by atoms with Crippen LogP contribution in [0.5, 0.6) is 17.4 Å². The predicted octanol–water partition coefficient (Wildman–Crippen LogP) is 2.80. The van der Waals surface area contributed by atoms with E-state index in [0.29, 0.717) is 5.69 Å². The molecule has 92 valence electrons. The number of benzene rings is 1. The molecule has 0 saturated carbocycles. The van der Waals surface area contributed by atoms with Gasteiger partial charge in [-0.1, -0.05) is 12.1 Å². The number of nitro groups is 1. The molecule has 2 rings (SSSR count). The molecule has 1 aromatic carbocycles. The average Bonchev–Trinajstić information content (AvgIpc) is 2.32. The van der Waals surface area contributed by atoms with Gasteiger partial charge in [0.15, 0.2) is 11.5 Å². The van der Waals surface area contributed by atoms with Gasteiger partial charge in [-0.05, 0) is 25.1 Å². The lowest BCUT2D eigenvalue weighted by Crippen LogP contribution is -1.97. The molecule has 0 bridgehead atoms. The molecule has 0 amide bonds. The highest BCUT2D eigenvalue weighted by atomic mass is 16.6. The minimum Gasteiger partial charge on any atom is -0.504 e. The second-order valence-corrected chi connectivity index (χ2v) is 3.60.